The van der Waals surface area contributed by atoms with Gasteiger partial charge in [-0.25, -0.2) is 0 Å². The lowest BCUT2D eigenvalue weighted by Gasteiger charge is -2.21. The van der Waals surface area contributed by atoms with Crippen LogP contribution < -0.4 is 16.4 Å². The van der Waals surface area contributed by atoms with E-state index in [9.17, 15) is 24.6 Å². The second-order valence-corrected chi connectivity index (χ2v) is 7.54. The average molecular weight is 438 g/mol. The summed E-state index contributed by atoms with van der Waals surface area (Å²) in [5.41, 5.74) is 8.55. The molecule has 0 aliphatic heterocycles. The number of hydrogen-bond acceptors (Lipinski definition) is 6. The molecule has 0 radical (unpaired) electrons. The summed E-state index contributed by atoms with van der Waals surface area (Å²) in [5, 5.41) is 24.8. The number of aromatic hydroxyl groups is 1. The minimum atomic E-state index is -1.25. The Kier molecular flexibility index (Phi) is 7.58. The maximum absolute atomic E-state index is 12.5. The zero-order chi connectivity index (χ0) is 23.1. The van der Waals surface area contributed by atoms with Crippen LogP contribution >= 0.6 is 0 Å². The molecule has 0 bridgehead atoms. The fraction of sp³-hybridized carbons (Fsp3) is 0.261. The van der Waals surface area contributed by atoms with E-state index in [-0.39, 0.29) is 18.6 Å². The first kappa shape index (κ1) is 23.0. The van der Waals surface area contributed by atoms with Gasteiger partial charge in [-0.3, -0.25) is 9.59 Å². The highest BCUT2D eigenvalue weighted by Crippen LogP contribution is 2.18. The van der Waals surface area contributed by atoms with E-state index in [1.54, 1.807) is 18.3 Å². The summed E-state index contributed by atoms with van der Waals surface area (Å²) in [6.45, 7) is -0.651. The average Bonchev–Trinajstić information content (AvgIpc) is 3.20. The lowest BCUT2D eigenvalue weighted by molar-refractivity contribution is -0.131. The Bertz CT molecular complexity index is 1080. The predicted octanol–water partition coefficient (Wildman–Crippen LogP) is 0.147. The van der Waals surface area contributed by atoms with E-state index in [0.717, 1.165) is 22.0 Å². The number of aromatic nitrogens is 1. The molecule has 9 heteroatoms. The first-order valence-electron chi connectivity index (χ1n) is 10.2. The number of nitrogens with one attached hydrogen (secondary N) is 3. The quantitative estimate of drug-likeness (QED) is 0.247. The normalized spacial score (nSPS) is 13.8. The van der Waals surface area contributed by atoms with Gasteiger partial charge in [0, 0.05) is 17.1 Å². The molecule has 0 saturated heterocycles. The van der Waals surface area contributed by atoms with Crippen molar-refractivity contribution >= 4 is 29.0 Å². The van der Waals surface area contributed by atoms with Crippen molar-refractivity contribution < 1.29 is 24.6 Å². The Hall–Kier alpha value is -3.69. The summed E-state index contributed by atoms with van der Waals surface area (Å²) in [6.07, 6.45) is 2.80. The maximum atomic E-state index is 12.5. The van der Waals surface area contributed by atoms with E-state index in [0.29, 0.717) is 6.29 Å². The monoisotopic (exact) mass is 438 g/mol. The summed E-state index contributed by atoms with van der Waals surface area (Å²) >= 11 is 0. The molecule has 1 heterocycles. The molecule has 0 unspecified atom stereocenters. The van der Waals surface area contributed by atoms with E-state index in [1.807, 2.05) is 24.3 Å². The SMILES string of the molecule is N[C@@H](Cc1c[nH]c2ccccc12)C(=O)N[C@@H](CO)C(=O)N[C@H](C=O)Cc1ccc(O)cc1. The van der Waals surface area contributed by atoms with Crippen LogP contribution in [0.4, 0.5) is 0 Å². The lowest BCUT2D eigenvalue weighted by Crippen LogP contribution is -2.55. The van der Waals surface area contributed by atoms with Crippen molar-refractivity contribution in [1.82, 2.24) is 15.6 Å². The number of amides is 2. The molecule has 0 fully saturated rings. The van der Waals surface area contributed by atoms with Gasteiger partial charge in [-0.15, -0.1) is 0 Å². The summed E-state index contributed by atoms with van der Waals surface area (Å²) in [7, 11) is 0. The van der Waals surface area contributed by atoms with E-state index < -0.39 is 36.5 Å². The third-order valence-electron chi connectivity index (χ3n) is 5.15. The number of aliphatic hydroxyl groups is 1. The highest BCUT2D eigenvalue weighted by molar-refractivity contribution is 5.91. The summed E-state index contributed by atoms with van der Waals surface area (Å²) in [4.78, 5) is 39.6. The van der Waals surface area contributed by atoms with Crippen LogP contribution in [0, 0.1) is 0 Å². The molecule has 3 aromatic rings. The maximum Gasteiger partial charge on any atom is 0.245 e. The molecule has 0 aliphatic carbocycles. The van der Waals surface area contributed by atoms with Gasteiger partial charge in [0.25, 0.3) is 0 Å². The molecule has 2 amide bonds. The number of hydrogen-bond donors (Lipinski definition) is 6. The molecule has 9 nitrogen and oxygen atoms in total. The number of aliphatic hydroxyl groups excluding tert-OH is 1. The first-order chi connectivity index (χ1) is 15.4. The van der Waals surface area contributed by atoms with E-state index in [4.69, 9.17) is 5.73 Å². The van der Waals surface area contributed by atoms with Crippen LogP contribution in [0.25, 0.3) is 10.9 Å². The number of fused-ring (bicyclic) bond motifs is 1. The number of carbonyl (C=O) groups excluding carboxylic acids is 3. The van der Waals surface area contributed by atoms with Crippen LogP contribution in [-0.2, 0) is 27.2 Å². The standard InChI is InChI=1S/C23H26N4O5/c24-19(10-15-11-25-20-4-2-1-3-18(15)20)22(31)27-21(13-29)23(32)26-16(12-28)9-14-5-7-17(30)8-6-14/h1-8,11-12,16,19,21,25,29-30H,9-10,13,24H2,(H,26,32)(H,27,31)/t16-,19-,21-/m0/s1. The van der Waals surface area contributed by atoms with Gasteiger partial charge in [0.2, 0.25) is 11.8 Å². The number of rotatable bonds is 10. The second-order valence-electron chi connectivity index (χ2n) is 7.54. The van der Waals surface area contributed by atoms with Gasteiger partial charge in [0.1, 0.15) is 18.1 Å². The Balaban J connectivity index is 1.57. The minimum Gasteiger partial charge on any atom is -0.508 e. The molecular weight excluding hydrogens is 412 g/mol. The topological polar surface area (TPSA) is 158 Å². The molecule has 0 aliphatic rings. The summed E-state index contributed by atoms with van der Waals surface area (Å²) in [5.74, 6) is -1.20. The van der Waals surface area contributed by atoms with Crippen LogP contribution in [0.5, 0.6) is 5.75 Å². The second kappa shape index (κ2) is 10.6. The summed E-state index contributed by atoms with van der Waals surface area (Å²) < 4.78 is 0. The van der Waals surface area contributed by atoms with E-state index in [1.165, 1.54) is 12.1 Å². The molecule has 0 spiro atoms. The molecule has 1 aromatic heterocycles. The molecule has 3 rings (SSSR count). The van der Waals surface area contributed by atoms with Gasteiger partial charge in [0.15, 0.2) is 0 Å². The molecule has 2 aromatic carbocycles. The number of carbonyl (C=O) groups is 3. The van der Waals surface area contributed by atoms with Gasteiger partial charge >= 0.3 is 0 Å². The fourth-order valence-corrected chi connectivity index (χ4v) is 3.41. The zero-order valence-corrected chi connectivity index (χ0v) is 17.3. The van der Waals surface area contributed by atoms with Gasteiger partial charge < -0.3 is 36.4 Å². The molecule has 0 saturated carbocycles. The number of phenols is 1. The zero-order valence-electron chi connectivity index (χ0n) is 17.3. The van der Waals surface area contributed by atoms with Gasteiger partial charge in [-0.1, -0.05) is 30.3 Å². The number of nitrogens with two attached hydrogens (primary N) is 1. The van der Waals surface area contributed by atoms with Crippen molar-refractivity contribution in [3.05, 3.63) is 65.9 Å². The molecule has 32 heavy (non-hydrogen) atoms. The number of phenolic OH excluding ortho intramolecular Hbond substituents is 1. The van der Waals surface area contributed by atoms with Crippen LogP contribution in [0.2, 0.25) is 0 Å². The number of aldehydes is 1. The van der Waals surface area contributed by atoms with Crippen molar-refractivity contribution in [1.29, 1.82) is 0 Å². The van der Waals surface area contributed by atoms with Crippen molar-refractivity contribution in [2.45, 2.75) is 31.0 Å². The van der Waals surface area contributed by atoms with Crippen LogP contribution in [0.1, 0.15) is 11.1 Å². The van der Waals surface area contributed by atoms with E-state index in [2.05, 4.69) is 15.6 Å². The van der Waals surface area contributed by atoms with Gasteiger partial charge in [-0.2, -0.15) is 0 Å². The molecular formula is C23H26N4O5. The highest BCUT2D eigenvalue weighted by Gasteiger charge is 2.25. The summed E-state index contributed by atoms with van der Waals surface area (Å²) in [6, 6.07) is 10.8. The van der Waals surface area contributed by atoms with Gasteiger partial charge in [-0.05, 0) is 42.2 Å². The van der Waals surface area contributed by atoms with E-state index >= 15 is 0 Å². The fourth-order valence-electron chi connectivity index (χ4n) is 3.41. The lowest BCUT2D eigenvalue weighted by atomic mass is 10.0. The van der Waals surface area contributed by atoms with Crippen molar-refractivity contribution in [3.63, 3.8) is 0 Å². The van der Waals surface area contributed by atoms with Crippen LogP contribution in [0.15, 0.2) is 54.7 Å². The third kappa shape index (κ3) is 5.71. The number of benzene rings is 2. The Morgan fingerprint density at radius 1 is 1.03 bits per heavy atom. The van der Waals surface area contributed by atoms with Crippen molar-refractivity contribution in [2.24, 2.45) is 5.73 Å². The predicted molar refractivity (Wildman–Crippen MR) is 119 cm³/mol. The molecule has 7 N–H and O–H groups in total. The van der Waals surface area contributed by atoms with Crippen LogP contribution in [-0.4, -0.2) is 58.0 Å². The first-order valence-corrected chi connectivity index (χ1v) is 10.2. The highest BCUT2D eigenvalue weighted by atomic mass is 16.3. The molecule has 3 atom stereocenters. The number of H-pyrrole nitrogens is 1. The third-order valence-corrected chi connectivity index (χ3v) is 5.15. The number of aromatic amines is 1. The molecule has 168 valence electrons. The Morgan fingerprint density at radius 2 is 1.75 bits per heavy atom. The Morgan fingerprint density at radius 3 is 2.44 bits per heavy atom. The smallest absolute Gasteiger partial charge is 0.245 e. The van der Waals surface area contributed by atoms with Crippen molar-refractivity contribution in [2.75, 3.05) is 6.61 Å². The number of para-hydroxylation sites is 1. The Labute approximate surface area is 184 Å². The van der Waals surface area contributed by atoms with Gasteiger partial charge in [0.05, 0.1) is 18.7 Å². The largest absolute Gasteiger partial charge is 0.508 e. The minimum absolute atomic E-state index is 0.0903. The van der Waals surface area contributed by atoms with Crippen molar-refractivity contribution in [3.8, 4) is 5.75 Å². The van der Waals surface area contributed by atoms with Crippen LogP contribution in [0.3, 0.4) is 0 Å².